The third-order valence-electron chi connectivity index (χ3n) is 4.37. The number of anilines is 1. The van der Waals surface area contributed by atoms with Crippen molar-refractivity contribution in [3.8, 4) is 0 Å². The maximum absolute atomic E-state index is 14.4. The van der Waals surface area contributed by atoms with Gasteiger partial charge in [-0.2, -0.15) is 0 Å². The maximum atomic E-state index is 14.4. The zero-order valence-corrected chi connectivity index (χ0v) is 12.1. The molecule has 1 saturated carbocycles. The van der Waals surface area contributed by atoms with Gasteiger partial charge in [-0.25, -0.2) is 8.78 Å². The smallest absolute Gasteiger partial charge is 0.149 e. The molecule has 2 fully saturated rings. The molecule has 5 heteroatoms. The van der Waals surface area contributed by atoms with Crippen molar-refractivity contribution in [2.24, 2.45) is 0 Å². The van der Waals surface area contributed by atoms with Gasteiger partial charge in [0.2, 0.25) is 0 Å². The molecule has 0 amide bonds. The van der Waals surface area contributed by atoms with Crippen LogP contribution in [0.2, 0.25) is 0 Å². The summed E-state index contributed by atoms with van der Waals surface area (Å²) in [4.78, 5) is 1.69. The normalized spacial score (nSPS) is 22.6. The first-order valence-electron chi connectivity index (χ1n) is 7.78. The van der Waals surface area contributed by atoms with Crippen LogP contribution in [0.5, 0.6) is 0 Å². The van der Waals surface area contributed by atoms with Crippen LogP contribution in [-0.4, -0.2) is 30.3 Å². The van der Waals surface area contributed by atoms with E-state index >= 15 is 0 Å². The van der Waals surface area contributed by atoms with E-state index in [1.807, 2.05) is 0 Å². The van der Waals surface area contributed by atoms with Crippen molar-refractivity contribution >= 4 is 5.69 Å². The van der Waals surface area contributed by atoms with Gasteiger partial charge in [-0.15, -0.1) is 0 Å². The molecule has 0 bridgehead atoms. The van der Waals surface area contributed by atoms with Crippen molar-refractivity contribution in [1.29, 1.82) is 0 Å². The molecule has 0 aromatic heterocycles. The van der Waals surface area contributed by atoms with E-state index in [4.69, 9.17) is 0 Å². The Kier molecular flexibility index (Phi) is 4.40. The second kappa shape index (κ2) is 6.28. The van der Waals surface area contributed by atoms with Gasteiger partial charge < -0.3 is 15.3 Å². The predicted octanol–water partition coefficient (Wildman–Crippen LogP) is 2.57. The summed E-state index contributed by atoms with van der Waals surface area (Å²) in [5, 5.41) is 12.7. The minimum atomic E-state index is -0.525. The molecule has 3 rings (SSSR count). The first-order valence-corrected chi connectivity index (χ1v) is 7.78. The number of hydrogen-bond donors (Lipinski definition) is 2. The quantitative estimate of drug-likeness (QED) is 0.876. The Morgan fingerprint density at radius 3 is 2.48 bits per heavy atom. The van der Waals surface area contributed by atoms with Gasteiger partial charge in [0.25, 0.3) is 0 Å². The van der Waals surface area contributed by atoms with Crippen molar-refractivity contribution in [2.45, 2.75) is 50.7 Å². The van der Waals surface area contributed by atoms with Gasteiger partial charge in [0.15, 0.2) is 0 Å². The predicted molar refractivity (Wildman–Crippen MR) is 78.3 cm³/mol. The van der Waals surface area contributed by atoms with E-state index < -0.39 is 11.6 Å². The molecule has 1 heterocycles. The number of piperidine rings is 1. The minimum Gasteiger partial charge on any atom is -0.394 e. The fraction of sp³-hybridized carbons (Fsp3) is 0.625. The Morgan fingerprint density at radius 2 is 1.86 bits per heavy atom. The van der Waals surface area contributed by atoms with Crippen molar-refractivity contribution in [3.63, 3.8) is 0 Å². The van der Waals surface area contributed by atoms with Gasteiger partial charge in [-0.1, -0.05) is 0 Å². The summed E-state index contributed by atoms with van der Waals surface area (Å²) in [5.74, 6) is -1.05. The Morgan fingerprint density at radius 1 is 1.14 bits per heavy atom. The Bertz CT molecular complexity index is 482. The van der Waals surface area contributed by atoms with Crippen LogP contribution in [0.4, 0.5) is 14.5 Å². The van der Waals surface area contributed by atoms with E-state index in [1.165, 1.54) is 12.1 Å². The molecule has 1 unspecified atom stereocenters. The van der Waals surface area contributed by atoms with Crippen molar-refractivity contribution in [1.82, 2.24) is 5.32 Å². The highest BCUT2D eigenvalue weighted by Gasteiger charge is 2.27. The number of rotatable bonds is 5. The van der Waals surface area contributed by atoms with Crippen LogP contribution in [0.15, 0.2) is 12.1 Å². The van der Waals surface area contributed by atoms with E-state index in [9.17, 15) is 13.9 Å². The largest absolute Gasteiger partial charge is 0.394 e. The third-order valence-corrected chi connectivity index (χ3v) is 4.37. The highest BCUT2D eigenvalue weighted by Crippen LogP contribution is 2.31. The SMILES string of the molecule is OCC1CCCCN1c1c(F)cc(CNC2CC2)cc1F. The van der Waals surface area contributed by atoms with E-state index in [0.717, 1.165) is 32.1 Å². The molecule has 0 spiro atoms. The van der Waals surface area contributed by atoms with Crippen LogP contribution in [0.25, 0.3) is 0 Å². The number of hydrogen-bond acceptors (Lipinski definition) is 3. The fourth-order valence-electron chi connectivity index (χ4n) is 3.03. The number of aliphatic hydroxyl groups is 1. The van der Waals surface area contributed by atoms with Gasteiger partial charge in [0.1, 0.15) is 17.3 Å². The van der Waals surface area contributed by atoms with Crippen molar-refractivity contribution < 1.29 is 13.9 Å². The lowest BCUT2D eigenvalue weighted by Crippen LogP contribution is -2.43. The molecule has 3 nitrogen and oxygen atoms in total. The van der Waals surface area contributed by atoms with E-state index in [1.54, 1.807) is 4.90 Å². The number of nitrogens with zero attached hydrogens (tertiary/aromatic N) is 1. The second-order valence-electron chi connectivity index (χ2n) is 6.09. The monoisotopic (exact) mass is 296 g/mol. The lowest BCUT2D eigenvalue weighted by atomic mass is 10.0. The Balaban J connectivity index is 1.80. The van der Waals surface area contributed by atoms with Gasteiger partial charge in [0, 0.05) is 19.1 Å². The molecular formula is C16H22F2N2O. The van der Waals surface area contributed by atoms with E-state index in [2.05, 4.69) is 5.32 Å². The molecule has 2 N–H and O–H groups in total. The van der Waals surface area contributed by atoms with Crippen molar-refractivity contribution in [3.05, 3.63) is 29.3 Å². The molecule has 0 radical (unpaired) electrons. The fourth-order valence-corrected chi connectivity index (χ4v) is 3.03. The molecule has 2 aliphatic rings. The summed E-state index contributed by atoms with van der Waals surface area (Å²) < 4.78 is 28.7. The number of benzene rings is 1. The summed E-state index contributed by atoms with van der Waals surface area (Å²) in [5.41, 5.74) is 0.655. The van der Waals surface area contributed by atoms with Gasteiger partial charge in [-0.05, 0) is 49.8 Å². The summed E-state index contributed by atoms with van der Waals surface area (Å²) in [6.45, 7) is 1.03. The van der Waals surface area contributed by atoms with E-state index in [-0.39, 0.29) is 18.3 Å². The molecule has 1 aromatic rings. The summed E-state index contributed by atoms with van der Waals surface area (Å²) in [6.07, 6.45) is 4.97. The molecule has 1 aliphatic carbocycles. The molecule has 1 saturated heterocycles. The van der Waals surface area contributed by atoms with Crippen LogP contribution in [0, 0.1) is 11.6 Å². The summed E-state index contributed by atoms with van der Waals surface area (Å²) in [6, 6.07) is 3.16. The number of nitrogens with one attached hydrogen (secondary N) is 1. The standard InChI is InChI=1S/C16H22F2N2O/c17-14-7-11(9-19-12-4-5-12)8-15(18)16(14)20-6-2-1-3-13(20)10-21/h7-8,12-13,19,21H,1-6,9-10H2. The molecule has 116 valence electrons. The molecule has 1 atom stereocenters. The van der Waals surface area contributed by atoms with Crippen LogP contribution >= 0.6 is 0 Å². The Hall–Kier alpha value is -1.20. The number of aliphatic hydroxyl groups excluding tert-OH is 1. The third kappa shape index (κ3) is 3.35. The summed E-state index contributed by atoms with van der Waals surface area (Å²) >= 11 is 0. The topological polar surface area (TPSA) is 35.5 Å². The summed E-state index contributed by atoms with van der Waals surface area (Å²) in [7, 11) is 0. The van der Waals surface area contributed by atoms with E-state index in [0.29, 0.717) is 24.7 Å². The second-order valence-corrected chi connectivity index (χ2v) is 6.09. The van der Waals surface area contributed by atoms with Crippen molar-refractivity contribution in [2.75, 3.05) is 18.1 Å². The first-order chi connectivity index (χ1) is 10.2. The maximum Gasteiger partial charge on any atom is 0.149 e. The zero-order chi connectivity index (χ0) is 14.8. The highest BCUT2D eigenvalue weighted by molar-refractivity contribution is 5.52. The first kappa shape index (κ1) is 14.7. The molecular weight excluding hydrogens is 274 g/mol. The molecule has 1 aliphatic heterocycles. The van der Waals surface area contributed by atoms with Gasteiger partial charge in [-0.3, -0.25) is 0 Å². The average molecular weight is 296 g/mol. The molecule has 1 aromatic carbocycles. The van der Waals surface area contributed by atoms with Crippen LogP contribution in [-0.2, 0) is 6.54 Å². The lowest BCUT2D eigenvalue weighted by molar-refractivity contribution is 0.238. The van der Waals surface area contributed by atoms with Crippen LogP contribution in [0.3, 0.4) is 0 Å². The zero-order valence-electron chi connectivity index (χ0n) is 12.1. The lowest BCUT2D eigenvalue weighted by Gasteiger charge is -2.36. The van der Waals surface area contributed by atoms with Crippen LogP contribution < -0.4 is 10.2 Å². The molecule has 21 heavy (non-hydrogen) atoms. The highest BCUT2D eigenvalue weighted by atomic mass is 19.1. The van der Waals surface area contributed by atoms with Crippen LogP contribution in [0.1, 0.15) is 37.7 Å². The Labute approximate surface area is 124 Å². The van der Waals surface area contributed by atoms with Gasteiger partial charge >= 0.3 is 0 Å². The van der Waals surface area contributed by atoms with Gasteiger partial charge in [0.05, 0.1) is 12.6 Å². The average Bonchev–Trinajstić information content (AvgIpc) is 3.29. The number of halogens is 2. The minimum absolute atomic E-state index is 0.0175.